The van der Waals surface area contributed by atoms with E-state index in [0.717, 1.165) is 18.5 Å². The van der Waals surface area contributed by atoms with Gasteiger partial charge in [0.15, 0.2) is 0 Å². The molecule has 0 saturated carbocycles. The van der Waals surface area contributed by atoms with E-state index in [-0.39, 0.29) is 5.41 Å². The molecule has 0 aromatic heterocycles. The zero-order valence-corrected chi connectivity index (χ0v) is 11.3. The predicted molar refractivity (Wildman–Crippen MR) is 71.3 cm³/mol. The summed E-state index contributed by atoms with van der Waals surface area (Å²) in [6, 6.07) is 6.47. The molecule has 2 rings (SSSR count). The highest BCUT2D eigenvalue weighted by Gasteiger charge is 2.34. The van der Waals surface area contributed by atoms with E-state index in [9.17, 15) is 5.11 Å². The average Bonchev–Trinajstić information content (AvgIpc) is 2.64. The van der Waals surface area contributed by atoms with Gasteiger partial charge in [-0.05, 0) is 42.0 Å². The van der Waals surface area contributed by atoms with Gasteiger partial charge in [-0.2, -0.15) is 0 Å². The van der Waals surface area contributed by atoms with E-state index in [0.29, 0.717) is 6.54 Å². The van der Waals surface area contributed by atoms with Crippen molar-refractivity contribution in [3.05, 3.63) is 34.9 Å². The Balaban J connectivity index is 2.38. The van der Waals surface area contributed by atoms with Crippen LogP contribution in [0.3, 0.4) is 0 Å². The Morgan fingerprint density at radius 2 is 2.00 bits per heavy atom. The van der Waals surface area contributed by atoms with Gasteiger partial charge in [0.25, 0.3) is 0 Å². The Kier molecular flexibility index (Phi) is 3.04. The van der Waals surface area contributed by atoms with Crippen LogP contribution in [0.5, 0.6) is 0 Å². The van der Waals surface area contributed by atoms with Crippen LogP contribution in [0.1, 0.15) is 43.9 Å². The molecule has 1 atom stereocenters. The molecule has 0 bridgehead atoms. The predicted octanol–water partition coefficient (Wildman–Crippen LogP) is 2.47. The Morgan fingerprint density at radius 1 is 1.29 bits per heavy atom. The van der Waals surface area contributed by atoms with Crippen LogP contribution in [-0.4, -0.2) is 18.2 Å². The number of β-amino-alcohol motifs (C(OH)–C–C–N with tert-alkyl or cyclic N) is 1. The van der Waals surface area contributed by atoms with Crippen molar-refractivity contribution in [2.75, 3.05) is 13.1 Å². The van der Waals surface area contributed by atoms with Gasteiger partial charge < -0.3 is 10.4 Å². The summed E-state index contributed by atoms with van der Waals surface area (Å²) in [5.74, 6) is 0. The Bertz CT molecular complexity index is 411. The maximum atomic E-state index is 10.6. The molecule has 17 heavy (non-hydrogen) atoms. The molecule has 1 aromatic carbocycles. The van der Waals surface area contributed by atoms with Crippen molar-refractivity contribution in [3.8, 4) is 0 Å². The minimum Gasteiger partial charge on any atom is -0.384 e. The molecule has 2 nitrogen and oxygen atoms in total. The SMILES string of the molecule is Cc1cc(C(C)(C)C)ccc1C1(O)CCNC1. The molecule has 1 saturated heterocycles. The van der Waals surface area contributed by atoms with Crippen LogP contribution >= 0.6 is 0 Å². The molecule has 0 aliphatic carbocycles. The molecule has 1 fully saturated rings. The molecule has 1 aromatic rings. The molecule has 2 N–H and O–H groups in total. The molecule has 1 unspecified atom stereocenters. The van der Waals surface area contributed by atoms with Gasteiger partial charge in [0.05, 0.1) is 0 Å². The van der Waals surface area contributed by atoms with Gasteiger partial charge in [-0.25, -0.2) is 0 Å². The number of rotatable bonds is 1. The van der Waals surface area contributed by atoms with Gasteiger partial charge in [-0.15, -0.1) is 0 Å². The van der Waals surface area contributed by atoms with Gasteiger partial charge in [-0.3, -0.25) is 0 Å². The van der Waals surface area contributed by atoms with Crippen LogP contribution in [-0.2, 0) is 11.0 Å². The second-order valence-corrected chi connectivity index (χ2v) is 6.24. The van der Waals surface area contributed by atoms with Crippen LogP contribution in [0, 0.1) is 6.92 Å². The number of nitrogens with one attached hydrogen (secondary N) is 1. The Hall–Kier alpha value is -0.860. The second-order valence-electron chi connectivity index (χ2n) is 6.24. The third-order valence-corrected chi connectivity index (χ3v) is 3.73. The van der Waals surface area contributed by atoms with Crippen molar-refractivity contribution in [2.24, 2.45) is 0 Å². The van der Waals surface area contributed by atoms with Crippen molar-refractivity contribution in [1.82, 2.24) is 5.32 Å². The highest BCUT2D eigenvalue weighted by Crippen LogP contribution is 2.32. The van der Waals surface area contributed by atoms with Crippen molar-refractivity contribution in [3.63, 3.8) is 0 Å². The number of hydrogen-bond acceptors (Lipinski definition) is 2. The zero-order chi connectivity index (χ0) is 12.7. The highest BCUT2D eigenvalue weighted by molar-refractivity contribution is 5.38. The second kappa shape index (κ2) is 4.11. The van der Waals surface area contributed by atoms with Gasteiger partial charge in [0, 0.05) is 6.54 Å². The monoisotopic (exact) mass is 233 g/mol. The number of aryl methyl sites for hydroxylation is 1. The fourth-order valence-electron chi connectivity index (χ4n) is 2.56. The van der Waals surface area contributed by atoms with Crippen LogP contribution in [0.2, 0.25) is 0 Å². The Morgan fingerprint density at radius 3 is 2.47 bits per heavy atom. The third-order valence-electron chi connectivity index (χ3n) is 3.73. The minimum atomic E-state index is -0.666. The third kappa shape index (κ3) is 2.38. The summed E-state index contributed by atoms with van der Waals surface area (Å²) in [6.45, 7) is 10.3. The molecule has 1 heterocycles. The van der Waals surface area contributed by atoms with Crippen molar-refractivity contribution in [1.29, 1.82) is 0 Å². The van der Waals surface area contributed by atoms with E-state index >= 15 is 0 Å². The first-order valence-corrected chi connectivity index (χ1v) is 6.38. The first kappa shape index (κ1) is 12.6. The summed E-state index contributed by atoms with van der Waals surface area (Å²) in [5, 5.41) is 13.8. The largest absolute Gasteiger partial charge is 0.384 e. The van der Waals surface area contributed by atoms with Gasteiger partial charge in [0.2, 0.25) is 0 Å². The minimum absolute atomic E-state index is 0.167. The summed E-state index contributed by atoms with van der Waals surface area (Å²) in [7, 11) is 0. The lowest BCUT2D eigenvalue weighted by molar-refractivity contribution is 0.0580. The summed E-state index contributed by atoms with van der Waals surface area (Å²) in [5.41, 5.74) is 3.10. The van der Waals surface area contributed by atoms with Crippen LogP contribution in [0.4, 0.5) is 0 Å². The summed E-state index contributed by atoms with van der Waals surface area (Å²) in [6.07, 6.45) is 0.808. The van der Waals surface area contributed by atoms with E-state index in [1.54, 1.807) is 0 Å². The van der Waals surface area contributed by atoms with Gasteiger partial charge in [0.1, 0.15) is 5.60 Å². The van der Waals surface area contributed by atoms with Gasteiger partial charge in [-0.1, -0.05) is 39.0 Å². The molecular formula is C15H23NO. The standard InChI is InChI=1S/C15H23NO/c1-11-9-12(14(2,3)4)5-6-13(11)15(17)7-8-16-10-15/h5-6,9,16-17H,7-8,10H2,1-4H3. The first-order valence-electron chi connectivity index (χ1n) is 6.38. The smallest absolute Gasteiger partial charge is 0.103 e. The van der Waals surface area contributed by atoms with E-state index < -0.39 is 5.60 Å². The molecule has 94 valence electrons. The van der Waals surface area contributed by atoms with Gasteiger partial charge >= 0.3 is 0 Å². The lowest BCUT2D eigenvalue weighted by Crippen LogP contribution is -2.29. The first-order chi connectivity index (χ1) is 7.83. The molecule has 1 aliphatic heterocycles. The quantitative estimate of drug-likeness (QED) is 0.781. The van der Waals surface area contributed by atoms with E-state index in [1.807, 2.05) is 0 Å². The maximum absolute atomic E-state index is 10.6. The van der Waals surface area contributed by atoms with E-state index in [2.05, 4.69) is 51.2 Å². The summed E-state index contributed by atoms with van der Waals surface area (Å²) >= 11 is 0. The molecule has 0 amide bonds. The molecule has 0 spiro atoms. The molecule has 1 aliphatic rings. The van der Waals surface area contributed by atoms with Crippen molar-refractivity contribution >= 4 is 0 Å². The van der Waals surface area contributed by atoms with Crippen molar-refractivity contribution in [2.45, 2.75) is 45.1 Å². The molecule has 0 radical (unpaired) electrons. The van der Waals surface area contributed by atoms with E-state index in [4.69, 9.17) is 0 Å². The molecular weight excluding hydrogens is 210 g/mol. The average molecular weight is 233 g/mol. The fourth-order valence-corrected chi connectivity index (χ4v) is 2.56. The molecule has 2 heteroatoms. The normalized spacial score (nSPS) is 25.2. The topological polar surface area (TPSA) is 32.3 Å². The maximum Gasteiger partial charge on any atom is 0.103 e. The summed E-state index contributed by atoms with van der Waals surface area (Å²) in [4.78, 5) is 0. The number of hydrogen-bond donors (Lipinski definition) is 2. The Labute approximate surface area is 104 Å². The fraction of sp³-hybridized carbons (Fsp3) is 0.600. The zero-order valence-electron chi connectivity index (χ0n) is 11.3. The van der Waals surface area contributed by atoms with Crippen LogP contribution in [0.15, 0.2) is 18.2 Å². The number of aliphatic hydroxyl groups is 1. The summed E-state index contributed by atoms with van der Waals surface area (Å²) < 4.78 is 0. The van der Waals surface area contributed by atoms with Crippen LogP contribution in [0.25, 0.3) is 0 Å². The van der Waals surface area contributed by atoms with Crippen molar-refractivity contribution < 1.29 is 5.11 Å². The van der Waals surface area contributed by atoms with Crippen LogP contribution < -0.4 is 5.32 Å². The lowest BCUT2D eigenvalue weighted by atomic mass is 9.82. The highest BCUT2D eigenvalue weighted by atomic mass is 16.3. The lowest BCUT2D eigenvalue weighted by Gasteiger charge is -2.26. The number of benzene rings is 1. The van der Waals surface area contributed by atoms with E-state index in [1.165, 1.54) is 11.1 Å².